The summed E-state index contributed by atoms with van der Waals surface area (Å²) in [7, 11) is 0. The molecule has 3 aliphatic heterocycles. The van der Waals surface area contributed by atoms with Crippen molar-refractivity contribution in [1.82, 2.24) is 0 Å². The first kappa shape index (κ1) is 15.8. The third-order valence-electron chi connectivity index (χ3n) is 5.26. The molecule has 7 heteroatoms. The molecule has 0 bridgehead atoms. The number of morpholine rings is 1. The van der Waals surface area contributed by atoms with Crippen LogP contribution in [0.25, 0.3) is 0 Å². The van der Waals surface area contributed by atoms with Gasteiger partial charge in [0.05, 0.1) is 24.7 Å². The highest BCUT2D eigenvalue weighted by Gasteiger charge is 2.40. The summed E-state index contributed by atoms with van der Waals surface area (Å²) in [6, 6.07) is 9.99. The SMILES string of the molecule is O=C1c2cc(O)sc2N=C2C1CCN2c1ccc(N2CCOCC2)cc1. The van der Waals surface area contributed by atoms with Gasteiger partial charge in [0.1, 0.15) is 10.8 Å². The lowest BCUT2D eigenvalue weighted by atomic mass is 9.95. The molecular formula is C19H19N3O3S. The van der Waals surface area contributed by atoms with Crippen LogP contribution in [0.2, 0.25) is 0 Å². The number of rotatable bonds is 2. The van der Waals surface area contributed by atoms with Gasteiger partial charge in [-0.25, -0.2) is 4.99 Å². The van der Waals surface area contributed by atoms with E-state index in [2.05, 4.69) is 34.1 Å². The zero-order valence-corrected chi connectivity index (χ0v) is 15.0. The van der Waals surface area contributed by atoms with E-state index in [4.69, 9.17) is 9.73 Å². The van der Waals surface area contributed by atoms with Crippen molar-refractivity contribution >= 4 is 39.3 Å². The third-order valence-corrected chi connectivity index (χ3v) is 6.10. The van der Waals surface area contributed by atoms with Crippen LogP contribution in [-0.4, -0.2) is 49.6 Å². The van der Waals surface area contributed by atoms with Gasteiger partial charge in [0.25, 0.3) is 0 Å². The van der Waals surface area contributed by atoms with E-state index in [1.54, 1.807) is 6.07 Å². The molecule has 2 aromatic rings. The van der Waals surface area contributed by atoms with Crippen LogP contribution < -0.4 is 9.80 Å². The van der Waals surface area contributed by atoms with Crippen molar-refractivity contribution in [3.63, 3.8) is 0 Å². The number of carbonyl (C=O) groups is 1. The Labute approximate surface area is 155 Å². The average molecular weight is 369 g/mol. The largest absolute Gasteiger partial charge is 0.499 e. The minimum atomic E-state index is -0.199. The number of anilines is 2. The molecule has 4 heterocycles. The molecule has 1 N–H and O–H groups in total. The van der Waals surface area contributed by atoms with E-state index in [-0.39, 0.29) is 16.8 Å². The van der Waals surface area contributed by atoms with E-state index in [0.29, 0.717) is 10.6 Å². The molecule has 0 saturated carbocycles. The predicted octanol–water partition coefficient (Wildman–Crippen LogP) is 3.04. The van der Waals surface area contributed by atoms with Crippen molar-refractivity contribution in [2.24, 2.45) is 10.9 Å². The second kappa shape index (κ2) is 6.10. The number of ketones is 1. The molecule has 26 heavy (non-hydrogen) atoms. The molecule has 0 spiro atoms. The van der Waals surface area contributed by atoms with Crippen molar-refractivity contribution in [1.29, 1.82) is 0 Å². The summed E-state index contributed by atoms with van der Waals surface area (Å²) in [6.45, 7) is 4.15. The van der Waals surface area contributed by atoms with Gasteiger partial charge >= 0.3 is 0 Å². The Morgan fingerprint density at radius 2 is 1.85 bits per heavy atom. The van der Waals surface area contributed by atoms with Gasteiger partial charge in [-0.1, -0.05) is 11.3 Å². The van der Waals surface area contributed by atoms with E-state index >= 15 is 0 Å². The lowest BCUT2D eigenvalue weighted by molar-refractivity contribution is 0.0954. The second-order valence-electron chi connectivity index (χ2n) is 6.75. The Bertz CT molecular complexity index is 884. The summed E-state index contributed by atoms with van der Waals surface area (Å²) in [5, 5.41) is 10.5. The van der Waals surface area contributed by atoms with Crippen LogP contribution in [0.15, 0.2) is 35.3 Å². The van der Waals surface area contributed by atoms with Crippen LogP contribution in [0.3, 0.4) is 0 Å². The normalized spacial score (nSPS) is 22.2. The highest BCUT2D eigenvalue weighted by Crippen LogP contribution is 2.43. The number of thiophene rings is 1. The Morgan fingerprint density at radius 3 is 2.62 bits per heavy atom. The van der Waals surface area contributed by atoms with E-state index in [1.165, 1.54) is 5.69 Å². The van der Waals surface area contributed by atoms with Crippen molar-refractivity contribution in [3.8, 4) is 5.06 Å². The number of carbonyl (C=O) groups excluding carboxylic acids is 1. The fraction of sp³-hybridized carbons (Fsp3) is 0.368. The molecule has 1 unspecified atom stereocenters. The number of Topliss-reactive ketones (excluding diaryl/α,β-unsaturated/α-hetero) is 1. The first-order valence-corrected chi connectivity index (χ1v) is 9.68. The van der Waals surface area contributed by atoms with E-state index in [9.17, 15) is 9.90 Å². The minimum absolute atomic E-state index is 0.0778. The maximum Gasteiger partial charge on any atom is 0.176 e. The Kier molecular flexibility index (Phi) is 3.72. The third kappa shape index (κ3) is 2.50. The fourth-order valence-electron chi connectivity index (χ4n) is 3.92. The number of fused-ring (bicyclic) bond motifs is 2. The van der Waals surface area contributed by atoms with Crippen LogP contribution >= 0.6 is 11.3 Å². The van der Waals surface area contributed by atoms with Crippen LogP contribution in [0.5, 0.6) is 5.06 Å². The van der Waals surface area contributed by atoms with Gasteiger partial charge < -0.3 is 19.6 Å². The van der Waals surface area contributed by atoms with Gasteiger partial charge in [-0.3, -0.25) is 4.79 Å². The summed E-state index contributed by atoms with van der Waals surface area (Å²) < 4.78 is 5.41. The van der Waals surface area contributed by atoms with Gasteiger partial charge in [0.2, 0.25) is 0 Å². The zero-order valence-electron chi connectivity index (χ0n) is 14.2. The minimum Gasteiger partial charge on any atom is -0.499 e. The van der Waals surface area contributed by atoms with Crippen molar-refractivity contribution in [2.75, 3.05) is 42.6 Å². The first-order chi connectivity index (χ1) is 12.7. The molecule has 1 aromatic heterocycles. The topological polar surface area (TPSA) is 65.4 Å². The zero-order chi connectivity index (χ0) is 17.7. The number of amidine groups is 1. The number of hydrogen-bond donors (Lipinski definition) is 1. The highest BCUT2D eigenvalue weighted by atomic mass is 32.1. The highest BCUT2D eigenvalue weighted by molar-refractivity contribution is 7.18. The Balaban J connectivity index is 1.44. The summed E-state index contributed by atoms with van der Waals surface area (Å²) in [5.74, 6) is 0.688. The smallest absolute Gasteiger partial charge is 0.176 e. The summed E-state index contributed by atoms with van der Waals surface area (Å²) in [6.07, 6.45) is 0.763. The monoisotopic (exact) mass is 369 g/mol. The molecular weight excluding hydrogens is 350 g/mol. The molecule has 134 valence electrons. The molecule has 5 rings (SSSR count). The van der Waals surface area contributed by atoms with Gasteiger partial charge in [-0.05, 0) is 30.7 Å². The van der Waals surface area contributed by atoms with Crippen molar-refractivity contribution in [2.45, 2.75) is 6.42 Å². The summed E-state index contributed by atoms with van der Waals surface area (Å²) in [5.41, 5.74) is 2.81. The number of aromatic hydroxyl groups is 1. The van der Waals surface area contributed by atoms with Crippen molar-refractivity contribution < 1.29 is 14.6 Å². The molecule has 1 aromatic carbocycles. The van der Waals surface area contributed by atoms with E-state index in [0.717, 1.165) is 62.1 Å². The first-order valence-electron chi connectivity index (χ1n) is 8.86. The van der Waals surface area contributed by atoms with E-state index in [1.807, 2.05) is 0 Å². The molecule has 2 saturated heterocycles. The maximum absolute atomic E-state index is 12.7. The number of benzene rings is 1. The molecule has 1 atom stereocenters. The maximum atomic E-state index is 12.7. The van der Waals surface area contributed by atoms with Gasteiger partial charge in [0, 0.05) is 37.1 Å². The second-order valence-corrected chi connectivity index (χ2v) is 7.76. The lowest BCUT2D eigenvalue weighted by Crippen LogP contribution is -2.36. The lowest BCUT2D eigenvalue weighted by Gasteiger charge is -2.29. The van der Waals surface area contributed by atoms with Crippen molar-refractivity contribution in [3.05, 3.63) is 35.9 Å². The summed E-state index contributed by atoms with van der Waals surface area (Å²) in [4.78, 5) is 21.9. The number of hydrogen-bond acceptors (Lipinski definition) is 7. The predicted molar refractivity (Wildman–Crippen MR) is 102 cm³/mol. The van der Waals surface area contributed by atoms with Crippen LogP contribution in [0.4, 0.5) is 16.4 Å². The van der Waals surface area contributed by atoms with Crippen LogP contribution in [-0.2, 0) is 4.74 Å². The summed E-state index contributed by atoms with van der Waals surface area (Å²) >= 11 is 1.16. The number of ether oxygens (including phenoxy) is 1. The average Bonchev–Trinajstić information content (AvgIpc) is 3.26. The number of nitrogens with zero attached hydrogens (tertiary/aromatic N) is 3. The van der Waals surface area contributed by atoms with Gasteiger partial charge in [-0.2, -0.15) is 0 Å². The Morgan fingerprint density at radius 1 is 1.12 bits per heavy atom. The van der Waals surface area contributed by atoms with E-state index < -0.39 is 0 Å². The quantitative estimate of drug-likeness (QED) is 0.881. The fourth-order valence-corrected chi connectivity index (χ4v) is 4.71. The standard InChI is InChI=1S/C19H19N3O3S/c23-16-11-15-17(24)14-5-6-22(18(14)20-19(15)26-16)13-3-1-12(2-4-13)21-7-9-25-10-8-21/h1-4,11,14,23H,5-10H2. The molecule has 0 aliphatic carbocycles. The van der Waals surface area contributed by atoms with Crippen LogP contribution in [0.1, 0.15) is 16.8 Å². The Hall–Kier alpha value is -2.38. The molecule has 0 radical (unpaired) electrons. The van der Waals surface area contributed by atoms with Gasteiger partial charge in [0.15, 0.2) is 10.8 Å². The molecule has 2 fully saturated rings. The molecule has 3 aliphatic rings. The molecule has 6 nitrogen and oxygen atoms in total. The van der Waals surface area contributed by atoms with Crippen LogP contribution in [0, 0.1) is 5.92 Å². The van der Waals surface area contributed by atoms with Gasteiger partial charge in [-0.15, -0.1) is 0 Å². The molecule has 0 amide bonds. The number of aliphatic imine (C=N–C) groups is 1.